The third kappa shape index (κ3) is 3.37. The zero-order valence-electron chi connectivity index (χ0n) is 12.0. The fourth-order valence-corrected chi connectivity index (χ4v) is 4.02. The van der Waals surface area contributed by atoms with Crippen LogP contribution in [0.15, 0.2) is 33.0 Å². The Bertz CT molecular complexity index is 674. The molecule has 0 spiro atoms. The van der Waals surface area contributed by atoms with Gasteiger partial charge >= 0.3 is 0 Å². The monoisotopic (exact) mass is 367 g/mol. The van der Waals surface area contributed by atoms with Gasteiger partial charge in [0.05, 0.1) is 18.4 Å². The number of piperidine rings is 1. The van der Waals surface area contributed by atoms with E-state index in [1.54, 1.807) is 17.4 Å². The molecule has 0 amide bonds. The van der Waals surface area contributed by atoms with E-state index in [4.69, 9.17) is 0 Å². The lowest BCUT2D eigenvalue weighted by Crippen LogP contribution is -2.34. The maximum Gasteiger partial charge on any atom is 0.269 e. The van der Waals surface area contributed by atoms with Gasteiger partial charge < -0.3 is 4.90 Å². The fraction of sp³-hybridized carbons (Fsp3) is 0.467. The summed E-state index contributed by atoms with van der Waals surface area (Å²) >= 11 is 5.12. The molecule has 21 heavy (non-hydrogen) atoms. The third-order valence-electron chi connectivity index (χ3n) is 3.99. The van der Waals surface area contributed by atoms with Gasteiger partial charge in [-0.3, -0.25) is 4.79 Å². The zero-order valence-corrected chi connectivity index (χ0v) is 14.4. The topological polar surface area (TPSA) is 38.1 Å². The average Bonchev–Trinajstić information content (AvgIpc) is 2.87. The maximum atomic E-state index is 12.2. The molecule has 0 unspecified atom stereocenters. The van der Waals surface area contributed by atoms with Gasteiger partial charge in [-0.15, -0.1) is 11.3 Å². The molecule has 0 N–H and O–H groups in total. The second-order valence-corrected chi connectivity index (χ2v) is 7.43. The minimum Gasteiger partial charge on any atom is -0.370 e. The summed E-state index contributed by atoms with van der Waals surface area (Å²) in [7, 11) is 0. The van der Waals surface area contributed by atoms with Crippen LogP contribution in [0.2, 0.25) is 0 Å². The predicted octanol–water partition coefficient (Wildman–Crippen LogP) is 3.35. The first-order valence-corrected chi connectivity index (χ1v) is 8.85. The molecule has 3 heterocycles. The fourth-order valence-electron chi connectivity index (χ4n) is 2.56. The Morgan fingerprint density at radius 3 is 2.81 bits per heavy atom. The van der Waals surface area contributed by atoms with E-state index in [9.17, 15) is 4.79 Å². The average molecular weight is 368 g/mol. The summed E-state index contributed by atoms with van der Waals surface area (Å²) in [5.74, 6) is 0.783. The summed E-state index contributed by atoms with van der Waals surface area (Å²) < 4.78 is 2.56. The van der Waals surface area contributed by atoms with E-state index in [1.165, 1.54) is 17.5 Å². The number of thiophene rings is 1. The second kappa shape index (κ2) is 6.32. The van der Waals surface area contributed by atoms with Crippen molar-refractivity contribution in [3.8, 4) is 0 Å². The maximum absolute atomic E-state index is 12.2. The normalized spacial score (nSPS) is 16.4. The van der Waals surface area contributed by atoms with Crippen molar-refractivity contribution in [3.05, 3.63) is 43.4 Å². The quantitative estimate of drug-likeness (QED) is 0.834. The molecule has 0 atom stereocenters. The van der Waals surface area contributed by atoms with E-state index in [0.29, 0.717) is 6.54 Å². The minimum atomic E-state index is -0.0357. The highest BCUT2D eigenvalue weighted by molar-refractivity contribution is 9.10. The molecule has 1 saturated heterocycles. The van der Waals surface area contributed by atoms with Crippen LogP contribution in [0.3, 0.4) is 0 Å². The molecule has 1 aliphatic rings. The van der Waals surface area contributed by atoms with E-state index in [0.717, 1.165) is 34.0 Å². The molecule has 1 aliphatic heterocycles. The van der Waals surface area contributed by atoms with Gasteiger partial charge in [0.2, 0.25) is 0 Å². The number of halogens is 1. The van der Waals surface area contributed by atoms with Crippen LogP contribution in [-0.2, 0) is 6.54 Å². The number of aromatic nitrogens is 2. The van der Waals surface area contributed by atoms with Crippen molar-refractivity contribution in [2.75, 3.05) is 18.0 Å². The van der Waals surface area contributed by atoms with Crippen molar-refractivity contribution in [1.82, 2.24) is 9.78 Å². The van der Waals surface area contributed by atoms with Crippen LogP contribution in [0, 0.1) is 5.92 Å². The standard InChI is InChI=1S/C15H18BrN3OS/c1-11-2-5-18(6-3-11)12-8-15(20)19(17-9-12)10-14-13(16)4-7-21-14/h4,7-9,11H,2-3,5-6,10H2,1H3. The molecule has 6 heteroatoms. The number of hydrogen-bond acceptors (Lipinski definition) is 4. The van der Waals surface area contributed by atoms with Gasteiger partial charge in [0.25, 0.3) is 5.56 Å². The Morgan fingerprint density at radius 1 is 1.43 bits per heavy atom. The van der Waals surface area contributed by atoms with Gasteiger partial charge in [0, 0.05) is 28.5 Å². The van der Waals surface area contributed by atoms with Crippen LogP contribution < -0.4 is 10.5 Å². The molecule has 4 nitrogen and oxygen atoms in total. The van der Waals surface area contributed by atoms with Gasteiger partial charge in [-0.05, 0) is 46.1 Å². The highest BCUT2D eigenvalue weighted by atomic mass is 79.9. The molecule has 0 aliphatic carbocycles. The summed E-state index contributed by atoms with van der Waals surface area (Å²) in [5.41, 5.74) is 0.916. The first kappa shape index (κ1) is 14.8. The molecule has 0 saturated carbocycles. The molecule has 2 aromatic rings. The van der Waals surface area contributed by atoms with Crippen LogP contribution in [0.1, 0.15) is 24.6 Å². The second-order valence-electron chi connectivity index (χ2n) is 5.57. The largest absolute Gasteiger partial charge is 0.370 e. The number of anilines is 1. The van der Waals surface area contributed by atoms with E-state index in [-0.39, 0.29) is 5.56 Å². The summed E-state index contributed by atoms with van der Waals surface area (Å²) in [4.78, 5) is 15.6. The highest BCUT2D eigenvalue weighted by Crippen LogP contribution is 2.23. The van der Waals surface area contributed by atoms with Crippen molar-refractivity contribution in [2.45, 2.75) is 26.3 Å². The zero-order chi connectivity index (χ0) is 14.8. The van der Waals surface area contributed by atoms with E-state index < -0.39 is 0 Å². The van der Waals surface area contributed by atoms with Crippen LogP contribution >= 0.6 is 27.3 Å². The van der Waals surface area contributed by atoms with Crippen LogP contribution in [-0.4, -0.2) is 22.9 Å². The van der Waals surface area contributed by atoms with Crippen molar-refractivity contribution in [2.24, 2.45) is 5.92 Å². The molecule has 1 fully saturated rings. The summed E-state index contributed by atoms with van der Waals surface area (Å²) in [6.07, 6.45) is 4.19. The summed E-state index contributed by atoms with van der Waals surface area (Å²) in [5, 5.41) is 6.34. The lowest BCUT2D eigenvalue weighted by atomic mass is 9.99. The SMILES string of the molecule is CC1CCN(c2cnn(Cc3sccc3Br)c(=O)c2)CC1. The summed E-state index contributed by atoms with van der Waals surface area (Å²) in [6, 6.07) is 3.71. The van der Waals surface area contributed by atoms with Crippen molar-refractivity contribution < 1.29 is 0 Å². The van der Waals surface area contributed by atoms with Gasteiger partial charge in [-0.25, -0.2) is 4.68 Å². The van der Waals surface area contributed by atoms with Gasteiger partial charge in [-0.1, -0.05) is 6.92 Å². The Hall–Kier alpha value is -1.14. The van der Waals surface area contributed by atoms with Crippen molar-refractivity contribution in [1.29, 1.82) is 0 Å². The Kier molecular flexibility index (Phi) is 4.45. The van der Waals surface area contributed by atoms with Gasteiger partial charge in [-0.2, -0.15) is 5.10 Å². The lowest BCUT2D eigenvalue weighted by Gasteiger charge is -2.31. The Labute approximate surface area is 136 Å². The number of rotatable bonds is 3. The van der Waals surface area contributed by atoms with E-state index in [2.05, 4.69) is 32.9 Å². The third-order valence-corrected chi connectivity index (χ3v) is 5.90. The summed E-state index contributed by atoms with van der Waals surface area (Å²) in [6.45, 7) is 4.84. The van der Waals surface area contributed by atoms with E-state index in [1.807, 2.05) is 17.6 Å². The van der Waals surface area contributed by atoms with Crippen LogP contribution in [0.25, 0.3) is 0 Å². The number of nitrogens with zero attached hydrogens (tertiary/aromatic N) is 3. The first-order chi connectivity index (χ1) is 10.1. The lowest BCUT2D eigenvalue weighted by molar-refractivity contribution is 0.437. The van der Waals surface area contributed by atoms with Crippen molar-refractivity contribution >= 4 is 33.0 Å². The smallest absolute Gasteiger partial charge is 0.269 e. The predicted molar refractivity (Wildman–Crippen MR) is 90.2 cm³/mol. The Morgan fingerprint density at radius 2 is 2.19 bits per heavy atom. The van der Waals surface area contributed by atoms with Crippen LogP contribution in [0.4, 0.5) is 5.69 Å². The molecule has 3 rings (SSSR count). The minimum absolute atomic E-state index is 0.0357. The molecule has 0 aromatic carbocycles. The van der Waals surface area contributed by atoms with Crippen molar-refractivity contribution in [3.63, 3.8) is 0 Å². The highest BCUT2D eigenvalue weighted by Gasteiger charge is 2.17. The molecular formula is C15H18BrN3OS. The van der Waals surface area contributed by atoms with Gasteiger partial charge in [0.1, 0.15) is 0 Å². The van der Waals surface area contributed by atoms with E-state index >= 15 is 0 Å². The first-order valence-electron chi connectivity index (χ1n) is 7.17. The molecule has 2 aromatic heterocycles. The van der Waals surface area contributed by atoms with Crippen LogP contribution in [0.5, 0.6) is 0 Å². The molecular weight excluding hydrogens is 350 g/mol. The molecule has 0 radical (unpaired) electrons. The molecule has 112 valence electrons. The molecule has 0 bridgehead atoms. The van der Waals surface area contributed by atoms with Gasteiger partial charge in [0.15, 0.2) is 0 Å². The number of hydrogen-bond donors (Lipinski definition) is 0. The Balaban J connectivity index is 1.77.